The van der Waals surface area contributed by atoms with E-state index in [9.17, 15) is 14.3 Å². The maximum absolute atomic E-state index is 14.1. The molecule has 6 rings (SSSR count). The Kier molecular flexibility index (Phi) is 3.41. The van der Waals surface area contributed by atoms with Gasteiger partial charge in [0.25, 0.3) is 0 Å². The lowest BCUT2D eigenvalue weighted by Gasteiger charge is -2.41. The molecule has 1 aromatic carbocycles. The average Bonchev–Trinajstić information content (AvgIpc) is 2.83. The van der Waals surface area contributed by atoms with E-state index in [4.69, 9.17) is 4.74 Å². The zero-order valence-electron chi connectivity index (χ0n) is 14.3. The number of aliphatic hydroxyl groups is 1. The highest BCUT2D eigenvalue weighted by molar-refractivity contribution is 9.10. The van der Waals surface area contributed by atoms with Crippen LogP contribution >= 0.6 is 15.9 Å². The Bertz CT molecular complexity index is 945. The number of imidazole rings is 1. The summed E-state index contributed by atoms with van der Waals surface area (Å²) < 4.78 is 21.5. The van der Waals surface area contributed by atoms with Crippen molar-refractivity contribution in [2.45, 2.75) is 49.7 Å². The molecule has 2 aliphatic heterocycles. The molecule has 7 heteroatoms. The molecule has 0 spiro atoms. The summed E-state index contributed by atoms with van der Waals surface area (Å²) in [6.45, 7) is 0. The van der Waals surface area contributed by atoms with Crippen LogP contribution in [-0.2, 0) is 10.3 Å². The third-order valence-electron chi connectivity index (χ3n) is 6.16. The number of rotatable bonds is 2. The lowest BCUT2D eigenvalue weighted by Crippen LogP contribution is -2.39. The lowest BCUT2D eigenvalue weighted by atomic mass is 9.74. The van der Waals surface area contributed by atoms with Gasteiger partial charge >= 0.3 is 5.97 Å². The van der Waals surface area contributed by atoms with Crippen molar-refractivity contribution in [1.82, 2.24) is 9.55 Å². The van der Waals surface area contributed by atoms with Crippen LogP contribution in [0, 0.1) is 5.82 Å². The number of aromatic nitrogens is 2. The molecular weight excluding hydrogens is 403 g/mol. The third kappa shape index (κ3) is 2.04. The summed E-state index contributed by atoms with van der Waals surface area (Å²) in [5, 5.41) is 11.1. The highest BCUT2D eigenvalue weighted by atomic mass is 79.9. The van der Waals surface area contributed by atoms with Crippen LogP contribution in [-0.4, -0.2) is 27.7 Å². The van der Waals surface area contributed by atoms with Crippen LogP contribution in [0.5, 0.6) is 0 Å². The van der Waals surface area contributed by atoms with E-state index >= 15 is 0 Å². The lowest BCUT2D eigenvalue weighted by molar-refractivity contribution is -0.0486. The van der Waals surface area contributed by atoms with E-state index in [1.54, 1.807) is 12.1 Å². The average molecular weight is 421 g/mol. The van der Waals surface area contributed by atoms with Gasteiger partial charge in [0, 0.05) is 11.6 Å². The number of methoxy groups -OCH3 is 1. The Balaban J connectivity index is 1.82. The van der Waals surface area contributed by atoms with Crippen LogP contribution in [0.4, 0.5) is 4.39 Å². The van der Waals surface area contributed by atoms with Gasteiger partial charge in [-0.15, -0.1) is 0 Å². The molecule has 3 heterocycles. The van der Waals surface area contributed by atoms with Gasteiger partial charge in [-0.2, -0.15) is 0 Å². The number of hydrogen-bond donors (Lipinski definition) is 1. The molecule has 1 aromatic heterocycles. The molecule has 0 saturated heterocycles. The van der Waals surface area contributed by atoms with Crippen LogP contribution in [0.15, 0.2) is 16.6 Å². The van der Waals surface area contributed by atoms with Crippen LogP contribution in [0.2, 0.25) is 0 Å². The first-order valence-corrected chi connectivity index (χ1v) is 9.65. The van der Waals surface area contributed by atoms with Gasteiger partial charge in [-0.05, 0) is 71.6 Å². The molecule has 0 atom stereocenters. The van der Waals surface area contributed by atoms with Crippen molar-refractivity contribution in [3.8, 4) is 11.4 Å². The Hall–Kier alpha value is -1.73. The van der Waals surface area contributed by atoms with E-state index in [-0.39, 0.29) is 23.5 Å². The fourth-order valence-corrected chi connectivity index (χ4v) is 4.90. The maximum Gasteiger partial charge on any atom is 0.358 e. The number of ether oxygens (including phenoxy) is 1. The molecule has 2 fully saturated rings. The minimum absolute atomic E-state index is 0.162. The highest BCUT2D eigenvalue weighted by Gasteiger charge is 2.49. The van der Waals surface area contributed by atoms with E-state index < -0.39 is 11.6 Å². The molecule has 26 heavy (non-hydrogen) atoms. The molecular formula is C19H18BrFN2O3. The fraction of sp³-hybridized carbons (Fsp3) is 0.474. The summed E-state index contributed by atoms with van der Waals surface area (Å²) in [6, 6.07) is 3.47. The van der Waals surface area contributed by atoms with Crippen LogP contribution < -0.4 is 0 Å². The van der Waals surface area contributed by atoms with E-state index in [1.807, 2.05) is 4.57 Å². The van der Waals surface area contributed by atoms with Crippen molar-refractivity contribution >= 4 is 21.9 Å². The topological polar surface area (TPSA) is 64.3 Å². The minimum Gasteiger partial charge on any atom is -0.464 e. The number of benzene rings is 1. The second-order valence-corrected chi connectivity index (χ2v) is 8.41. The summed E-state index contributed by atoms with van der Waals surface area (Å²) in [5.41, 5.74) is 1.46. The van der Waals surface area contributed by atoms with Gasteiger partial charge in [0.2, 0.25) is 0 Å². The van der Waals surface area contributed by atoms with Gasteiger partial charge in [-0.1, -0.05) is 0 Å². The van der Waals surface area contributed by atoms with Crippen molar-refractivity contribution in [3.05, 3.63) is 39.4 Å². The number of nitrogens with zero attached hydrogens (tertiary/aromatic N) is 2. The van der Waals surface area contributed by atoms with Gasteiger partial charge in [0.15, 0.2) is 5.69 Å². The monoisotopic (exact) mass is 420 g/mol. The summed E-state index contributed by atoms with van der Waals surface area (Å²) in [6.07, 6.45) is 3.86. The molecule has 0 unspecified atom stereocenters. The minimum atomic E-state index is -1.04. The predicted octanol–water partition coefficient (Wildman–Crippen LogP) is 4.04. The second-order valence-electron chi connectivity index (χ2n) is 7.56. The van der Waals surface area contributed by atoms with Gasteiger partial charge in [-0.25, -0.2) is 14.2 Å². The maximum atomic E-state index is 14.1. The van der Waals surface area contributed by atoms with Crippen LogP contribution in [0.1, 0.15) is 65.8 Å². The Morgan fingerprint density at radius 2 is 2.15 bits per heavy atom. The molecule has 2 aromatic rings. The smallest absolute Gasteiger partial charge is 0.358 e. The van der Waals surface area contributed by atoms with Crippen molar-refractivity contribution < 1.29 is 19.0 Å². The van der Waals surface area contributed by atoms with Gasteiger partial charge < -0.3 is 14.4 Å². The molecule has 136 valence electrons. The van der Waals surface area contributed by atoms with Crippen molar-refractivity contribution in [2.75, 3.05) is 7.11 Å². The van der Waals surface area contributed by atoms with Crippen molar-refractivity contribution in [1.29, 1.82) is 0 Å². The first-order valence-electron chi connectivity index (χ1n) is 8.85. The normalized spacial score (nSPS) is 24.6. The number of esters is 1. The molecule has 2 aliphatic carbocycles. The highest BCUT2D eigenvalue weighted by Crippen LogP contribution is 2.56. The standard InChI is InChI=1S/C19H18BrFN2O3/c1-26-18(24)15-16(19(25)3-2-4-19)23-10-5-9(6-10)11-8-14(21)13(20)7-12(11)17(23)22-15/h7-10,25H,2-6H2,1H3. The molecule has 2 bridgehead atoms. The van der Waals surface area contributed by atoms with E-state index in [0.717, 1.165) is 30.4 Å². The summed E-state index contributed by atoms with van der Waals surface area (Å²) >= 11 is 3.26. The fourth-order valence-electron chi connectivity index (χ4n) is 4.56. The first-order chi connectivity index (χ1) is 12.4. The number of hydrogen-bond acceptors (Lipinski definition) is 4. The second kappa shape index (κ2) is 5.39. The van der Waals surface area contributed by atoms with Crippen LogP contribution in [0.3, 0.4) is 0 Å². The number of halogens is 2. The Morgan fingerprint density at radius 1 is 1.42 bits per heavy atom. The van der Waals surface area contributed by atoms with E-state index in [1.165, 1.54) is 7.11 Å². The molecule has 0 radical (unpaired) electrons. The SMILES string of the molecule is COC(=O)c1nc2n(c1C1(O)CCC1)C1CC(C1)c1cc(F)c(Br)cc1-2. The molecule has 2 saturated carbocycles. The van der Waals surface area contributed by atoms with Crippen molar-refractivity contribution in [2.24, 2.45) is 0 Å². The number of carbonyl (C=O) groups excluding carboxylic acids is 1. The molecule has 4 aliphatic rings. The van der Waals surface area contributed by atoms with Crippen molar-refractivity contribution in [3.63, 3.8) is 0 Å². The summed E-state index contributed by atoms with van der Waals surface area (Å²) in [7, 11) is 1.32. The van der Waals surface area contributed by atoms with E-state index in [0.29, 0.717) is 28.8 Å². The summed E-state index contributed by atoms with van der Waals surface area (Å²) in [5.74, 6) is 0.0731. The third-order valence-corrected chi connectivity index (χ3v) is 6.77. The first kappa shape index (κ1) is 16.4. The predicted molar refractivity (Wildman–Crippen MR) is 95.4 cm³/mol. The Morgan fingerprint density at radius 3 is 2.77 bits per heavy atom. The quantitative estimate of drug-likeness (QED) is 0.744. The Labute approximate surface area is 158 Å². The molecule has 0 amide bonds. The van der Waals surface area contributed by atoms with Gasteiger partial charge in [0.05, 0.1) is 17.3 Å². The zero-order chi connectivity index (χ0) is 18.2. The molecule has 5 nitrogen and oxygen atoms in total. The zero-order valence-corrected chi connectivity index (χ0v) is 15.8. The van der Waals surface area contributed by atoms with Gasteiger partial charge in [-0.3, -0.25) is 0 Å². The van der Waals surface area contributed by atoms with Crippen LogP contribution in [0.25, 0.3) is 11.4 Å². The molecule has 1 N–H and O–H groups in total. The number of carbonyl (C=O) groups is 1. The van der Waals surface area contributed by atoms with Gasteiger partial charge in [0.1, 0.15) is 17.2 Å². The largest absolute Gasteiger partial charge is 0.464 e. The summed E-state index contributed by atoms with van der Waals surface area (Å²) in [4.78, 5) is 17.0. The van der Waals surface area contributed by atoms with E-state index in [2.05, 4.69) is 20.9 Å².